The summed E-state index contributed by atoms with van der Waals surface area (Å²) in [7, 11) is 0. The Kier molecular flexibility index (Phi) is 9.75. The highest BCUT2D eigenvalue weighted by Crippen LogP contribution is 2.19. The lowest BCUT2D eigenvalue weighted by atomic mass is 10.1. The van der Waals surface area contributed by atoms with E-state index in [4.69, 9.17) is 16.3 Å². The van der Waals surface area contributed by atoms with Crippen molar-refractivity contribution in [3.8, 4) is 0 Å². The van der Waals surface area contributed by atoms with Crippen molar-refractivity contribution in [2.45, 2.75) is 45.4 Å². The Morgan fingerprint density at radius 1 is 1.15 bits per heavy atom. The number of nitrogens with one attached hydrogen (secondary N) is 1. The summed E-state index contributed by atoms with van der Waals surface area (Å²) in [5.41, 5.74) is 2.39. The van der Waals surface area contributed by atoms with Gasteiger partial charge in [0, 0.05) is 5.02 Å². The molecule has 0 unspecified atom stereocenters. The van der Waals surface area contributed by atoms with E-state index in [9.17, 15) is 4.79 Å². The molecule has 5 heteroatoms. The molecule has 0 saturated heterocycles. The normalized spacial score (nSPS) is 10.8. The Bertz CT molecular complexity index is 672. The molecule has 0 fully saturated rings. The Labute approximate surface area is 165 Å². The number of unbranched alkanes of at least 4 members (excludes halogenated alkanes) is 1. The molecule has 2 aromatic rings. The Morgan fingerprint density at radius 3 is 2.73 bits per heavy atom. The number of hydrogen-bond acceptors (Lipinski definition) is 4. The van der Waals surface area contributed by atoms with Crippen LogP contribution in [0.2, 0.25) is 5.02 Å². The maximum Gasteiger partial charge on any atom is 0.348 e. The monoisotopic (exact) mass is 393 g/mol. The van der Waals surface area contributed by atoms with Crippen LogP contribution in [0, 0.1) is 0 Å². The zero-order chi connectivity index (χ0) is 18.6. The van der Waals surface area contributed by atoms with Gasteiger partial charge in [-0.3, -0.25) is 0 Å². The number of carbonyl (C=O) groups is 1. The minimum atomic E-state index is -0.169. The van der Waals surface area contributed by atoms with Crippen molar-refractivity contribution in [3.63, 3.8) is 0 Å². The lowest BCUT2D eigenvalue weighted by molar-refractivity contribution is 0.0504. The van der Waals surface area contributed by atoms with Gasteiger partial charge in [-0.25, -0.2) is 4.79 Å². The van der Waals surface area contributed by atoms with Gasteiger partial charge in [0.25, 0.3) is 0 Å². The van der Waals surface area contributed by atoms with E-state index in [2.05, 4.69) is 18.3 Å². The molecule has 1 aromatic carbocycles. The molecule has 3 nitrogen and oxygen atoms in total. The van der Waals surface area contributed by atoms with Crippen molar-refractivity contribution in [2.24, 2.45) is 0 Å². The predicted molar refractivity (Wildman–Crippen MR) is 110 cm³/mol. The van der Waals surface area contributed by atoms with Gasteiger partial charge < -0.3 is 10.1 Å². The van der Waals surface area contributed by atoms with Crippen molar-refractivity contribution in [2.75, 3.05) is 19.7 Å². The van der Waals surface area contributed by atoms with Crippen LogP contribution in [0.15, 0.2) is 35.7 Å². The van der Waals surface area contributed by atoms with E-state index < -0.39 is 0 Å². The van der Waals surface area contributed by atoms with Crippen molar-refractivity contribution in [1.82, 2.24) is 5.32 Å². The lowest BCUT2D eigenvalue weighted by Crippen LogP contribution is -2.18. The summed E-state index contributed by atoms with van der Waals surface area (Å²) in [6.45, 7) is 4.55. The Hall–Kier alpha value is -1.36. The molecule has 142 valence electrons. The maximum atomic E-state index is 12.1. The van der Waals surface area contributed by atoms with E-state index in [0.717, 1.165) is 67.1 Å². The molecule has 0 bridgehead atoms. The van der Waals surface area contributed by atoms with E-state index in [1.54, 1.807) is 0 Å². The number of hydrogen-bond donors (Lipinski definition) is 1. The molecule has 0 radical (unpaired) electrons. The summed E-state index contributed by atoms with van der Waals surface area (Å²) in [6, 6.07) is 10.1. The van der Waals surface area contributed by atoms with Gasteiger partial charge in [-0.05, 0) is 79.9 Å². The van der Waals surface area contributed by atoms with Gasteiger partial charge in [0.05, 0.1) is 6.61 Å². The quantitative estimate of drug-likeness (QED) is 0.381. The molecule has 0 spiro atoms. The summed E-state index contributed by atoms with van der Waals surface area (Å²) in [6.07, 6.45) is 6.00. The molecule has 1 N–H and O–H groups in total. The fraction of sp³-hybridized carbons (Fsp3) is 0.476. The first kappa shape index (κ1) is 20.9. The second-order valence-electron chi connectivity index (χ2n) is 6.35. The number of esters is 1. The number of carbonyl (C=O) groups excluding carboxylic acids is 1. The minimum absolute atomic E-state index is 0.169. The Balaban J connectivity index is 1.60. The van der Waals surface area contributed by atoms with Gasteiger partial charge in [0.2, 0.25) is 0 Å². The summed E-state index contributed by atoms with van der Waals surface area (Å²) in [4.78, 5) is 12.9. The predicted octanol–water partition coefficient (Wildman–Crippen LogP) is 5.51. The molecular formula is C21H28ClNO2S. The zero-order valence-electron chi connectivity index (χ0n) is 15.4. The summed E-state index contributed by atoms with van der Waals surface area (Å²) < 4.78 is 5.32. The van der Waals surface area contributed by atoms with Gasteiger partial charge in [-0.15, -0.1) is 11.3 Å². The average Bonchev–Trinajstić information content (AvgIpc) is 3.10. The van der Waals surface area contributed by atoms with Crippen LogP contribution in [0.3, 0.4) is 0 Å². The van der Waals surface area contributed by atoms with Crippen molar-refractivity contribution >= 4 is 28.9 Å². The van der Waals surface area contributed by atoms with Gasteiger partial charge in [0.1, 0.15) is 4.88 Å². The third-order valence-corrected chi connectivity index (χ3v) is 5.34. The SMILES string of the molecule is CCCCOC(=O)c1sccc1CCCNCCCc1cccc(Cl)c1. The molecule has 0 amide bonds. The lowest BCUT2D eigenvalue weighted by Gasteiger charge is -2.07. The van der Waals surface area contributed by atoms with Crippen molar-refractivity contribution < 1.29 is 9.53 Å². The molecule has 0 saturated carbocycles. The van der Waals surface area contributed by atoms with E-state index >= 15 is 0 Å². The van der Waals surface area contributed by atoms with E-state index in [1.807, 2.05) is 29.6 Å². The first-order chi connectivity index (χ1) is 12.7. The van der Waals surface area contributed by atoms with E-state index in [-0.39, 0.29) is 5.97 Å². The van der Waals surface area contributed by atoms with Crippen LogP contribution in [0.25, 0.3) is 0 Å². The number of thiophene rings is 1. The minimum Gasteiger partial charge on any atom is -0.462 e. The summed E-state index contributed by atoms with van der Waals surface area (Å²) in [5.74, 6) is -0.169. The maximum absolute atomic E-state index is 12.1. The number of halogens is 1. The molecule has 0 aliphatic carbocycles. The smallest absolute Gasteiger partial charge is 0.348 e. The van der Waals surface area contributed by atoms with E-state index in [1.165, 1.54) is 16.9 Å². The highest BCUT2D eigenvalue weighted by atomic mass is 35.5. The molecule has 0 aliphatic rings. The third-order valence-electron chi connectivity index (χ3n) is 4.17. The van der Waals surface area contributed by atoms with Gasteiger partial charge in [-0.2, -0.15) is 0 Å². The average molecular weight is 394 g/mol. The number of benzene rings is 1. The first-order valence-corrected chi connectivity index (χ1v) is 10.6. The topological polar surface area (TPSA) is 38.3 Å². The van der Waals surface area contributed by atoms with Crippen LogP contribution in [0.1, 0.15) is 53.4 Å². The van der Waals surface area contributed by atoms with Crippen LogP contribution in [0.4, 0.5) is 0 Å². The van der Waals surface area contributed by atoms with Gasteiger partial charge >= 0.3 is 5.97 Å². The second kappa shape index (κ2) is 12.1. The van der Waals surface area contributed by atoms with Crippen molar-refractivity contribution in [3.05, 3.63) is 56.7 Å². The summed E-state index contributed by atoms with van der Waals surface area (Å²) in [5, 5.41) is 6.26. The number of rotatable bonds is 12. The molecule has 0 aliphatic heterocycles. The molecule has 0 atom stereocenters. The van der Waals surface area contributed by atoms with Crippen LogP contribution in [0.5, 0.6) is 0 Å². The zero-order valence-corrected chi connectivity index (χ0v) is 17.0. The van der Waals surface area contributed by atoms with Gasteiger partial charge in [0.15, 0.2) is 0 Å². The standard InChI is InChI=1S/C21H28ClNO2S/c1-2-3-14-25-21(24)20-18(11-15-26-20)9-6-13-23-12-5-8-17-7-4-10-19(22)16-17/h4,7,10-11,15-16,23H,2-3,5-6,8-9,12-14H2,1H3. The third kappa shape index (κ3) is 7.48. The first-order valence-electron chi connectivity index (χ1n) is 9.39. The molecular weight excluding hydrogens is 366 g/mol. The van der Waals surface area contributed by atoms with Crippen LogP contribution in [-0.4, -0.2) is 25.7 Å². The van der Waals surface area contributed by atoms with Crippen LogP contribution < -0.4 is 5.32 Å². The summed E-state index contributed by atoms with van der Waals surface area (Å²) >= 11 is 7.48. The highest BCUT2D eigenvalue weighted by molar-refractivity contribution is 7.12. The molecule has 26 heavy (non-hydrogen) atoms. The largest absolute Gasteiger partial charge is 0.462 e. The van der Waals surface area contributed by atoms with Gasteiger partial charge in [-0.1, -0.05) is 37.1 Å². The fourth-order valence-corrected chi connectivity index (χ4v) is 3.78. The number of ether oxygens (including phenoxy) is 1. The second-order valence-corrected chi connectivity index (χ2v) is 7.70. The van der Waals surface area contributed by atoms with Crippen molar-refractivity contribution in [1.29, 1.82) is 0 Å². The Morgan fingerprint density at radius 2 is 1.96 bits per heavy atom. The fourth-order valence-electron chi connectivity index (χ4n) is 2.73. The van der Waals surface area contributed by atoms with Crippen LogP contribution in [-0.2, 0) is 17.6 Å². The molecule has 2 rings (SSSR count). The molecule has 1 heterocycles. The van der Waals surface area contributed by atoms with E-state index in [0.29, 0.717) is 6.61 Å². The molecule has 1 aromatic heterocycles. The van der Waals surface area contributed by atoms with Crippen LogP contribution >= 0.6 is 22.9 Å². The number of aryl methyl sites for hydroxylation is 2. The highest BCUT2D eigenvalue weighted by Gasteiger charge is 2.14.